The number of aromatic nitrogens is 5. The SMILES string of the molecule is CC1(S(=O)(=O)n2cc(-c3ncc(F)c(N[C@H]4CCC[C@@H](NC(=O)c5cc(CO)ccn5)C4)n3)c3cccnc32)C=C(F)C=CC1. The number of aliphatic hydroxyl groups is 1. The Hall–Kier alpha value is -4.56. The second-order valence-corrected chi connectivity index (χ2v) is 13.7. The van der Waals surface area contributed by atoms with Crippen LogP contribution in [0.15, 0.2) is 73.1 Å². The second-order valence-electron chi connectivity index (χ2n) is 11.4. The minimum absolute atomic E-state index is 0.0590. The Kier molecular flexibility index (Phi) is 8.18. The van der Waals surface area contributed by atoms with E-state index in [0.717, 1.165) is 29.1 Å². The van der Waals surface area contributed by atoms with Gasteiger partial charge in [0.25, 0.3) is 5.91 Å². The van der Waals surface area contributed by atoms with E-state index in [1.807, 2.05) is 0 Å². The van der Waals surface area contributed by atoms with Crippen LogP contribution in [0.5, 0.6) is 0 Å². The predicted molar refractivity (Wildman–Crippen MR) is 164 cm³/mol. The smallest absolute Gasteiger partial charge is 0.270 e. The Morgan fingerprint density at radius 3 is 2.78 bits per heavy atom. The molecule has 234 valence electrons. The number of hydrogen-bond donors (Lipinski definition) is 3. The van der Waals surface area contributed by atoms with E-state index >= 15 is 4.39 Å². The summed E-state index contributed by atoms with van der Waals surface area (Å²) >= 11 is 0. The van der Waals surface area contributed by atoms with Crippen LogP contribution in [-0.2, 0) is 16.6 Å². The van der Waals surface area contributed by atoms with Crippen molar-refractivity contribution in [2.75, 3.05) is 5.32 Å². The average molecular weight is 636 g/mol. The Morgan fingerprint density at radius 2 is 1.98 bits per heavy atom. The van der Waals surface area contributed by atoms with Crippen LogP contribution < -0.4 is 10.6 Å². The first kappa shape index (κ1) is 30.5. The van der Waals surface area contributed by atoms with E-state index in [4.69, 9.17) is 0 Å². The summed E-state index contributed by atoms with van der Waals surface area (Å²) in [7, 11) is -4.20. The summed E-state index contributed by atoms with van der Waals surface area (Å²) in [6.45, 7) is 1.24. The van der Waals surface area contributed by atoms with Gasteiger partial charge in [-0.1, -0.05) is 6.08 Å². The fraction of sp³-hybridized carbons (Fsp3) is 0.323. The molecule has 6 rings (SSSR count). The molecule has 1 saturated carbocycles. The van der Waals surface area contributed by atoms with Crippen molar-refractivity contribution in [3.63, 3.8) is 0 Å². The van der Waals surface area contributed by atoms with Crippen LogP contribution in [0.2, 0.25) is 0 Å². The zero-order valence-corrected chi connectivity index (χ0v) is 25.1. The molecule has 1 amide bonds. The van der Waals surface area contributed by atoms with Crippen molar-refractivity contribution in [2.24, 2.45) is 0 Å². The molecule has 3 atom stereocenters. The van der Waals surface area contributed by atoms with Crippen LogP contribution >= 0.6 is 0 Å². The number of nitrogens with zero attached hydrogens (tertiary/aromatic N) is 5. The highest BCUT2D eigenvalue weighted by Gasteiger charge is 2.41. The monoisotopic (exact) mass is 635 g/mol. The van der Waals surface area contributed by atoms with Crippen LogP contribution in [-0.4, -0.2) is 60.2 Å². The Bertz CT molecular complexity index is 1950. The fourth-order valence-electron chi connectivity index (χ4n) is 5.80. The quantitative estimate of drug-likeness (QED) is 0.255. The summed E-state index contributed by atoms with van der Waals surface area (Å²) in [6, 6.07) is 6.05. The van der Waals surface area contributed by atoms with Gasteiger partial charge in [0.15, 0.2) is 23.1 Å². The Balaban J connectivity index is 1.25. The lowest BCUT2D eigenvalue weighted by molar-refractivity contribution is 0.0921. The number of carbonyl (C=O) groups excluding carboxylic acids is 1. The van der Waals surface area contributed by atoms with Gasteiger partial charge in [-0.2, -0.15) is 0 Å². The summed E-state index contributed by atoms with van der Waals surface area (Å²) in [5.41, 5.74) is 1.21. The molecule has 0 radical (unpaired) electrons. The van der Waals surface area contributed by atoms with Crippen molar-refractivity contribution in [2.45, 2.75) is 62.5 Å². The molecule has 14 heteroatoms. The van der Waals surface area contributed by atoms with Gasteiger partial charge >= 0.3 is 0 Å². The largest absolute Gasteiger partial charge is 0.392 e. The molecule has 4 heterocycles. The molecule has 1 fully saturated rings. The zero-order chi connectivity index (χ0) is 31.8. The van der Waals surface area contributed by atoms with Gasteiger partial charge in [-0.3, -0.25) is 9.78 Å². The number of hydrogen-bond acceptors (Lipinski definition) is 9. The van der Waals surface area contributed by atoms with E-state index in [1.165, 1.54) is 43.7 Å². The van der Waals surface area contributed by atoms with E-state index in [2.05, 4.69) is 30.6 Å². The number of pyridine rings is 2. The van der Waals surface area contributed by atoms with E-state index < -0.39 is 26.4 Å². The van der Waals surface area contributed by atoms with Crippen molar-refractivity contribution < 1.29 is 27.1 Å². The lowest BCUT2D eigenvalue weighted by Crippen LogP contribution is -2.42. The molecule has 0 bridgehead atoms. The Morgan fingerprint density at radius 1 is 1.16 bits per heavy atom. The van der Waals surface area contributed by atoms with Crippen LogP contribution in [0.4, 0.5) is 14.6 Å². The molecule has 0 aromatic carbocycles. The predicted octanol–water partition coefficient (Wildman–Crippen LogP) is 4.42. The molecule has 2 aliphatic rings. The lowest BCUT2D eigenvalue weighted by Gasteiger charge is -2.30. The van der Waals surface area contributed by atoms with E-state index in [9.17, 15) is 22.7 Å². The van der Waals surface area contributed by atoms with Crippen molar-refractivity contribution >= 4 is 32.8 Å². The minimum Gasteiger partial charge on any atom is -0.392 e. The van der Waals surface area contributed by atoms with Gasteiger partial charge in [-0.15, -0.1) is 0 Å². The number of rotatable bonds is 8. The summed E-state index contributed by atoms with van der Waals surface area (Å²) in [5, 5.41) is 15.9. The van der Waals surface area contributed by atoms with Crippen LogP contribution in [0, 0.1) is 5.82 Å². The van der Waals surface area contributed by atoms with Gasteiger partial charge < -0.3 is 15.7 Å². The van der Waals surface area contributed by atoms with E-state index in [-0.39, 0.29) is 54.0 Å². The van der Waals surface area contributed by atoms with E-state index in [0.29, 0.717) is 29.4 Å². The van der Waals surface area contributed by atoms with Gasteiger partial charge in [-0.25, -0.2) is 36.1 Å². The van der Waals surface area contributed by atoms with Gasteiger partial charge in [0, 0.05) is 41.6 Å². The number of fused-ring (bicyclic) bond motifs is 1. The molecule has 11 nitrogen and oxygen atoms in total. The van der Waals surface area contributed by atoms with Crippen LogP contribution in [0.1, 0.15) is 55.1 Å². The number of amides is 1. The number of carbonyl (C=O) groups is 1. The topological polar surface area (TPSA) is 152 Å². The summed E-state index contributed by atoms with van der Waals surface area (Å²) in [5.74, 6) is -1.67. The van der Waals surface area contributed by atoms with Gasteiger partial charge in [0.1, 0.15) is 16.3 Å². The zero-order valence-electron chi connectivity index (χ0n) is 24.3. The number of nitrogens with one attached hydrogen (secondary N) is 2. The summed E-state index contributed by atoms with van der Waals surface area (Å²) in [6.07, 6.45) is 11.8. The summed E-state index contributed by atoms with van der Waals surface area (Å²) < 4.78 is 56.3. The number of halogens is 2. The molecule has 4 aromatic heterocycles. The van der Waals surface area contributed by atoms with Crippen molar-refractivity contribution in [1.82, 2.24) is 29.2 Å². The molecule has 0 spiro atoms. The summed E-state index contributed by atoms with van der Waals surface area (Å²) in [4.78, 5) is 29.8. The number of allylic oxidation sites excluding steroid dienone is 3. The number of aliphatic hydroxyl groups excluding tert-OH is 1. The number of anilines is 1. The Labute approximate surface area is 258 Å². The van der Waals surface area contributed by atoms with Crippen LogP contribution in [0.25, 0.3) is 22.4 Å². The molecule has 0 aliphatic heterocycles. The molecule has 2 aliphatic carbocycles. The van der Waals surface area contributed by atoms with Crippen molar-refractivity contribution in [1.29, 1.82) is 0 Å². The first-order valence-electron chi connectivity index (χ1n) is 14.5. The highest BCUT2D eigenvalue weighted by Crippen LogP contribution is 2.36. The molecule has 45 heavy (non-hydrogen) atoms. The van der Waals surface area contributed by atoms with Gasteiger partial charge in [0.2, 0.25) is 10.0 Å². The lowest BCUT2D eigenvalue weighted by atomic mass is 9.91. The van der Waals surface area contributed by atoms with Gasteiger partial charge in [0.05, 0.1) is 12.8 Å². The van der Waals surface area contributed by atoms with Crippen molar-refractivity contribution in [3.8, 4) is 11.4 Å². The third-order valence-electron chi connectivity index (χ3n) is 8.20. The van der Waals surface area contributed by atoms with Crippen LogP contribution in [0.3, 0.4) is 0 Å². The second kappa shape index (κ2) is 12.1. The van der Waals surface area contributed by atoms with E-state index in [1.54, 1.807) is 18.2 Å². The molecular weight excluding hydrogens is 604 g/mol. The normalized spacial score (nSPS) is 21.8. The highest BCUT2D eigenvalue weighted by molar-refractivity contribution is 7.91. The minimum atomic E-state index is -4.20. The molecule has 3 N–H and O–H groups in total. The third-order valence-corrected chi connectivity index (χ3v) is 10.5. The average Bonchev–Trinajstić information content (AvgIpc) is 3.43. The first-order valence-corrected chi connectivity index (χ1v) is 15.9. The molecule has 1 unspecified atom stereocenters. The maximum atomic E-state index is 15.0. The first-order chi connectivity index (χ1) is 21.6. The maximum absolute atomic E-state index is 15.0. The molecular formula is C31H31F2N7O4S. The fourth-order valence-corrected chi connectivity index (χ4v) is 7.44. The standard InChI is InChI=1S/C31H31F2N7O4S/c1-31(10-3-5-20(32)15-31)45(43,44)40-17-24(23-8-4-11-35-29(23)40)27-36-16-25(33)28(39-27)37-21-6-2-7-22(14-21)38-30(42)26-13-19(18-41)9-12-34-26/h3-5,8-9,11-13,15-17,21-22,41H,2,6-7,10,14,18H2,1H3,(H,38,42)(H,36,37,39)/t21-,22+,31?/m0/s1. The van der Waals surface area contributed by atoms with Crippen molar-refractivity contribution in [3.05, 3.63) is 90.2 Å². The molecule has 4 aromatic rings. The molecule has 0 saturated heterocycles. The van der Waals surface area contributed by atoms with Gasteiger partial charge in [-0.05, 0) is 81.0 Å². The third kappa shape index (κ3) is 5.94. The maximum Gasteiger partial charge on any atom is 0.270 e. The highest BCUT2D eigenvalue weighted by atomic mass is 32.2.